The van der Waals surface area contributed by atoms with Crippen LogP contribution in [0.15, 0.2) is 24.3 Å². The van der Waals surface area contributed by atoms with E-state index in [0.717, 1.165) is 10.6 Å². The van der Waals surface area contributed by atoms with Gasteiger partial charge in [0.25, 0.3) is 0 Å². The fraction of sp³-hybridized carbons (Fsp3) is 0.308. The van der Waals surface area contributed by atoms with Crippen molar-refractivity contribution in [2.75, 3.05) is 11.1 Å². The number of nitrogen functional groups attached to an aromatic ring is 1. The number of nitrogens with zero attached hydrogens (tertiary/aromatic N) is 2. The van der Waals surface area contributed by atoms with Crippen molar-refractivity contribution in [1.82, 2.24) is 10.2 Å². The molecule has 0 unspecified atom stereocenters. The molecule has 6 heteroatoms. The molecule has 0 atom stereocenters. The van der Waals surface area contributed by atoms with Gasteiger partial charge in [0.05, 0.1) is 6.42 Å². The summed E-state index contributed by atoms with van der Waals surface area (Å²) in [6.45, 7) is 4.08. The second-order valence-electron chi connectivity index (χ2n) is 4.57. The third kappa shape index (κ3) is 3.75. The molecule has 5 nitrogen and oxygen atoms in total. The quantitative estimate of drug-likeness (QED) is 0.840. The van der Waals surface area contributed by atoms with Gasteiger partial charge in [-0.3, -0.25) is 4.79 Å². The lowest BCUT2D eigenvalue weighted by Crippen LogP contribution is -2.14. The van der Waals surface area contributed by atoms with Crippen LogP contribution in [-0.2, 0) is 11.2 Å². The predicted octanol–water partition coefficient (Wildman–Crippen LogP) is 2.42. The van der Waals surface area contributed by atoms with E-state index in [0.29, 0.717) is 23.2 Å². The molecule has 0 saturated heterocycles. The molecule has 0 aliphatic carbocycles. The molecule has 3 N–H and O–H groups in total. The molecule has 1 aromatic carbocycles. The number of benzene rings is 1. The fourth-order valence-corrected chi connectivity index (χ4v) is 2.26. The van der Waals surface area contributed by atoms with Gasteiger partial charge in [-0.25, -0.2) is 0 Å². The molecule has 0 spiro atoms. The lowest BCUT2D eigenvalue weighted by molar-refractivity contribution is -0.115. The Labute approximate surface area is 115 Å². The molecule has 19 heavy (non-hydrogen) atoms. The summed E-state index contributed by atoms with van der Waals surface area (Å²) >= 11 is 1.41. The second-order valence-corrected chi connectivity index (χ2v) is 5.58. The van der Waals surface area contributed by atoms with Gasteiger partial charge >= 0.3 is 0 Å². The van der Waals surface area contributed by atoms with Crippen molar-refractivity contribution in [3.8, 4) is 0 Å². The highest BCUT2D eigenvalue weighted by molar-refractivity contribution is 7.15. The first kappa shape index (κ1) is 13.5. The molecule has 2 aromatic rings. The van der Waals surface area contributed by atoms with Crippen LogP contribution in [0.4, 0.5) is 10.8 Å². The zero-order chi connectivity index (χ0) is 13.8. The van der Waals surface area contributed by atoms with E-state index in [-0.39, 0.29) is 5.91 Å². The molecule has 2 rings (SSSR count). The number of amides is 1. The van der Waals surface area contributed by atoms with E-state index in [1.807, 2.05) is 26.0 Å². The molecule has 1 aromatic heterocycles. The number of hydrogen-bond donors (Lipinski definition) is 2. The Bertz CT molecular complexity index is 562. The largest absolute Gasteiger partial charge is 0.399 e. The fourth-order valence-electron chi connectivity index (χ4n) is 1.50. The van der Waals surface area contributed by atoms with Crippen LogP contribution in [0.25, 0.3) is 0 Å². The van der Waals surface area contributed by atoms with Gasteiger partial charge in [-0.2, -0.15) is 0 Å². The average molecular weight is 276 g/mol. The normalized spacial score (nSPS) is 10.7. The Morgan fingerprint density at radius 3 is 2.58 bits per heavy atom. The Morgan fingerprint density at radius 1 is 1.32 bits per heavy atom. The summed E-state index contributed by atoms with van der Waals surface area (Å²) in [5.41, 5.74) is 7.20. The van der Waals surface area contributed by atoms with Crippen LogP contribution in [0.5, 0.6) is 0 Å². The minimum Gasteiger partial charge on any atom is -0.399 e. The highest BCUT2D eigenvalue weighted by Gasteiger charge is 2.10. The maximum atomic E-state index is 11.8. The van der Waals surface area contributed by atoms with Crippen molar-refractivity contribution in [3.05, 3.63) is 34.8 Å². The SMILES string of the molecule is CC(C)c1nnc(NC(=O)Cc2ccc(N)cc2)s1. The molecular formula is C13H16N4OS. The molecule has 0 fully saturated rings. The van der Waals surface area contributed by atoms with Crippen molar-refractivity contribution in [1.29, 1.82) is 0 Å². The number of carbonyl (C=O) groups excluding carboxylic acids is 1. The van der Waals surface area contributed by atoms with Gasteiger partial charge in [0, 0.05) is 11.6 Å². The van der Waals surface area contributed by atoms with Crippen LogP contribution >= 0.6 is 11.3 Å². The van der Waals surface area contributed by atoms with Crippen molar-refractivity contribution in [3.63, 3.8) is 0 Å². The van der Waals surface area contributed by atoms with E-state index in [1.165, 1.54) is 11.3 Å². The van der Waals surface area contributed by atoms with E-state index < -0.39 is 0 Å². The van der Waals surface area contributed by atoms with Crippen molar-refractivity contribution in [2.45, 2.75) is 26.2 Å². The smallest absolute Gasteiger partial charge is 0.230 e. The zero-order valence-corrected chi connectivity index (χ0v) is 11.7. The zero-order valence-electron chi connectivity index (χ0n) is 10.9. The maximum absolute atomic E-state index is 11.8. The van der Waals surface area contributed by atoms with E-state index in [9.17, 15) is 4.79 Å². The van der Waals surface area contributed by atoms with Crippen LogP contribution in [0.1, 0.15) is 30.3 Å². The summed E-state index contributed by atoms with van der Waals surface area (Å²) in [5.74, 6) is 0.219. The van der Waals surface area contributed by atoms with Gasteiger partial charge in [0.1, 0.15) is 5.01 Å². The number of carbonyl (C=O) groups is 1. The van der Waals surface area contributed by atoms with Crippen LogP contribution in [0.2, 0.25) is 0 Å². The summed E-state index contributed by atoms with van der Waals surface area (Å²) in [4.78, 5) is 11.8. The highest BCUT2D eigenvalue weighted by Crippen LogP contribution is 2.22. The van der Waals surface area contributed by atoms with Crippen molar-refractivity contribution >= 4 is 28.1 Å². The molecule has 0 aliphatic rings. The Hall–Kier alpha value is -1.95. The van der Waals surface area contributed by atoms with Gasteiger partial charge in [0.15, 0.2) is 0 Å². The minimum atomic E-state index is -0.101. The molecular weight excluding hydrogens is 260 g/mol. The molecule has 0 bridgehead atoms. The summed E-state index contributed by atoms with van der Waals surface area (Å²) in [7, 11) is 0. The summed E-state index contributed by atoms with van der Waals surface area (Å²) in [5, 5.41) is 12.2. The molecule has 0 radical (unpaired) electrons. The first-order valence-electron chi connectivity index (χ1n) is 6.02. The number of hydrogen-bond acceptors (Lipinski definition) is 5. The van der Waals surface area contributed by atoms with Crippen molar-refractivity contribution < 1.29 is 4.79 Å². The van der Waals surface area contributed by atoms with Gasteiger partial charge in [-0.05, 0) is 17.7 Å². The van der Waals surface area contributed by atoms with E-state index in [1.54, 1.807) is 12.1 Å². The maximum Gasteiger partial charge on any atom is 0.230 e. The first-order chi connectivity index (χ1) is 9.04. The van der Waals surface area contributed by atoms with Crippen LogP contribution in [-0.4, -0.2) is 16.1 Å². The number of nitrogens with two attached hydrogens (primary N) is 1. The predicted molar refractivity (Wildman–Crippen MR) is 77.2 cm³/mol. The number of rotatable bonds is 4. The summed E-state index contributed by atoms with van der Waals surface area (Å²) in [6.07, 6.45) is 0.302. The van der Waals surface area contributed by atoms with Crippen LogP contribution in [0, 0.1) is 0 Å². The van der Waals surface area contributed by atoms with Gasteiger partial charge in [-0.15, -0.1) is 10.2 Å². The third-order valence-corrected chi connectivity index (χ3v) is 3.66. The van der Waals surface area contributed by atoms with Crippen LogP contribution < -0.4 is 11.1 Å². The second kappa shape index (κ2) is 5.79. The molecule has 0 saturated carbocycles. The van der Waals surface area contributed by atoms with E-state index in [4.69, 9.17) is 5.73 Å². The van der Waals surface area contributed by atoms with Gasteiger partial charge in [0.2, 0.25) is 11.0 Å². The summed E-state index contributed by atoms with van der Waals surface area (Å²) < 4.78 is 0. The number of nitrogens with one attached hydrogen (secondary N) is 1. The monoisotopic (exact) mass is 276 g/mol. The molecule has 1 amide bonds. The van der Waals surface area contributed by atoms with Crippen molar-refractivity contribution in [2.24, 2.45) is 0 Å². The molecule has 1 heterocycles. The lowest BCUT2D eigenvalue weighted by Gasteiger charge is -2.02. The van der Waals surface area contributed by atoms with Crippen LogP contribution in [0.3, 0.4) is 0 Å². The minimum absolute atomic E-state index is 0.101. The highest BCUT2D eigenvalue weighted by atomic mass is 32.1. The molecule has 0 aliphatic heterocycles. The first-order valence-corrected chi connectivity index (χ1v) is 6.84. The van der Waals surface area contributed by atoms with Gasteiger partial charge < -0.3 is 11.1 Å². The number of anilines is 2. The third-order valence-electron chi connectivity index (χ3n) is 2.53. The molecule has 100 valence electrons. The van der Waals surface area contributed by atoms with E-state index in [2.05, 4.69) is 15.5 Å². The summed E-state index contributed by atoms with van der Waals surface area (Å²) in [6, 6.07) is 7.25. The topological polar surface area (TPSA) is 80.9 Å². The number of aromatic nitrogens is 2. The van der Waals surface area contributed by atoms with E-state index >= 15 is 0 Å². The standard InChI is InChI=1S/C13H16N4OS/c1-8(2)12-16-17-13(19-12)15-11(18)7-9-3-5-10(14)6-4-9/h3-6,8H,7,14H2,1-2H3,(H,15,17,18). The Morgan fingerprint density at radius 2 is 2.00 bits per heavy atom. The Kier molecular flexibility index (Phi) is 4.11. The average Bonchev–Trinajstić information content (AvgIpc) is 2.80. The van der Waals surface area contributed by atoms with Gasteiger partial charge in [-0.1, -0.05) is 37.3 Å². The lowest BCUT2D eigenvalue weighted by atomic mass is 10.1. The Balaban J connectivity index is 1.95.